The van der Waals surface area contributed by atoms with Crippen LogP contribution in [0.4, 0.5) is 17.1 Å². The predicted molar refractivity (Wildman–Crippen MR) is 124 cm³/mol. The molecule has 138 valence electrons. The topological polar surface area (TPSA) is 3.24 Å². The number of thiophene rings is 1. The van der Waals surface area contributed by atoms with Crippen molar-refractivity contribution >= 4 is 62.2 Å². The fourth-order valence-electron chi connectivity index (χ4n) is 3.80. The number of aryl methyl sites for hydroxylation is 1. The highest BCUT2D eigenvalue weighted by Crippen LogP contribution is 2.36. The van der Waals surface area contributed by atoms with Crippen molar-refractivity contribution in [3.8, 4) is 0 Å². The molecule has 0 fully saturated rings. The average molecular weight is 402 g/mol. The monoisotopic (exact) mass is 401 g/mol. The van der Waals surface area contributed by atoms with E-state index >= 15 is 0 Å². The number of fused-ring (bicyclic) bond motifs is 3. The molecule has 0 saturated carbocycles. The van der Waals surface area contributed by atoms with E-state index in [-0.39, 0.29) is 0 Å². The van der Waals surface area contributed by atoms with Crippen LogP contribution >= 0.6 is 22.9 Å². The highest BCUT2D eigenvalue weighted by Gasteiger charge is 2.14. The zero-order valence-corrected chi connectivity index (χ0v) is 17.2. The Hall–Kier alpha value is -2.55. The maximum atomic E-state index is 6.14. The normalized spacial score (nSPS) is 12.9. The molecule has 1 aliphatic carbocycles. The van der Waals surface area contributed by atoms with Crippen molar-refractivity contribution in [3.63, 3.8) is 0 Å². The second-order valence-electron chi connectivity index (χ2n) is 7.19. The van der Waals surface area contributed by atoms with Gasteiger partial charge in [0.25, 0.3) is 0 Å². The van der Waals surface area contributed by atoms with Crippen molar-refractivity contribution < 1.29 is 0 Å². The molecule has 0 bridgehead atoms. The number of hydrogen-bond donors (Lipinski definition) is 0. The number of halogens is 1. The Morgan fingerprint density at radius 2 is 1.43 bits per heavy atom. The van der Waals surface area contributed by atoms with Gasteiger partial charge in [-0.15, -0.1) is 11.3 Å². The second-order valence-corrected chi connectivity index (χ2v) is 8.71. The molecule has 3 heteroatoms. The molecular formula is C25H20ClNS. The minimum atomic E-state index is 0.750. The summed E-state index contributed by atoms with van der Waals surface area (Å²) in [4.78, 5) is 2.29. The van der Waals surface area contributed by atoms with Crippen LogP contribution in [0.15, 0.2) is 66.7 Å². The molecule has 28 heavy (non-hydrogen) atoms. The first-order valence-electron chi connectivity index (χ1n) is 9.54. The molecule has 1 aromatic heterocycles. The van der Waals surface area contributed by atoms with Gasteiger partial charge in [0.1, 0.15) is 0 Å². The molecule has 0 unspecified atom stereocenters. The van der Waals surface area contributed by atoms with Gasteiger partial charge in [0.2, 0.25) is 0 Å². The van der Waals surface area contributed by atoms with Crippen LogP contribution in [0.1, 0.15) is 18.4 Å². The van der Waals surface area contributed by atoms with E-state index in [1.807, 2.05) is 23.5 Å². The largest absolute Gasteiger partial charge is 0.310 e. The molecule has 1 aliphatic rings. The smallest absolute Gasteiger partial charge is 0.0476 e. The molecular weight excluding hydrogens is 382 g/mol. The van der Waals surface area contributed by atoms with E-state index in [4.69, 9.17) is 11.6 Å². The third kappa shape index (κ3) is 3.13. The van der Waals surface area contributed by atoms with E-state index in [0.29, 0.717) is 0 Å². The molecule has 0 N–H and O–H groups in total. The fourth-order valence-corrected chi connectivity index (χ4v) is 5.13. The Morgan fingerprint density at radius 1 is 0.786 bits per heavy atom. The molecule has 1 nitrogen and oxygen atoms in total. The summed E-state index contributed by atoms with van der Waals surface area (Å²) in [5.74, 6) is 0. The molecule has 5 rings (SSSR count). The Bertz CT molecular complexity index is 1220. The highest BCUT2D eigenvalue weighted by molar-refractivity contribution is 7.17. The maximum absolute atomic E-state index is 6.14. The Labute approximate surface area is 173 Å². The second kappa shape index (κ2) is 7.12. The molecule has 0 saturated heterocycles. The molecule has 0 aliphatic heterocycles. The molecule has 0 amide bonds. The summed E-state index contributed by atoms with van der Waals surface area (Å²) < 4.78 is 2.75. The van der Waals surface area contributed by atoms with Gasteiger partial charge in [0.15, 0.2) is 0 Å². The summed E-state index contributed by atoms with van der Waals surface area (Å²) in [6, 6.07) is 23.5. The van der Waals surface area contributed by atoms with Crippen molar-refractivity contribution in [2.24, 2.45) is 0 Å². The van der Waals surface area contributed by atoms with Crippen molar-refractivity contribution in [1.82, 2.24) is 0 Å². The average Bonchev–Trinajstić information content (AvgIpc) is 3.09. The fraction of sp³-hybridized carbons (Fsp3) is 0.120. The van der Waals surface area contributed by atoms with Gasteiger partial charge in [-0.05, 0) is 73.5 Å². The lowest BCUT2D eigenvalue weighted by Gasteiger charge is -2.25. The number of hydrogen-bond acceptors (Lipinski definition) is 2. The zero-order valence-electron chi connectivity index (χ0n) is 15.7. The first-order chi connectivity index (χ1) is 13.7. The molecule has 0 atom stereocenters. The zero-order chi connectivity index (χ0) is 19.1. The molecule has 4 aromatic rings. The van der Waals surface area contributed by atoms with Gasteiger partial charge in [0.05, 0.1) is 0 Å². The highest BCUT2D eigenvalue weighted by atomic mass is 35.5. The van der Waals surface area contributed by atoms with Crippen LogP contribution in [0.25, 0.3) is 22.2 Å². The van der Waals surface area contributed by atoms with E-state index in [0.717, 1.165) is 34.9 Å². The summed E-state index contributed by atoms with van der Waals surface area (Å²) in [5, 5.41) is 3.52. The molecule has 3 aromatic carbocycles. The van der Waals surface area contributed by atoms with Gasteiger partial charge in [-0.25, -0.2) is 0 Å². The number of rotatable bonds is 3. The SMILES string of the molecule is Cc1ccc(N(c2ccc(Cl)cc2)c2ccc3c4c(sc3c2)=CCCC=4)cc1. The number of anilines is 3. The summed E-state index contributed by atoms with van der Waals surface area (Å²) in [5.41, 5.74) is 4.67. The summed E-state index contributed by atoms with van der Waals surface area (Å²) in [6.45, 7) is 2.12. The standard InChI is InChI=1S/C25H20ClNS/c1-17-6-10-19(11-7-17)27(20-12-8-18(26)9-13-20)21-14-15-23-22-4-2-3-5-24(22)28-25(23)16-21/h4-16H,2-3H2,1H3. The van der Waals surface area contributed by atoms with Gasteiger partial charge in [-0.3, -0.25) is 0 Å². The lowest BCUT2D eigenvalue weighted by molar-refractivity contribution is 1.13. The van der Waals surface area contributed by atoms with Gasteiger partial charge in [-0.1, -0.05) is 47.5 Å². The Morgan fingerprint density at radius 3 is 2.18 bits per heavy atom. The van der Waals surface area contributed by atoms with Crippen molar-refractivity contribution in [2.45, 2.75) is 19.8 Å². The first-order valence-corrected chi connectivity index (χ1v) is 10.7. The lowest BCUT2D eigenvalue weighted by atomic mass is 10.1. The van der Waals surface area contributed by atoms with Crippen LogP contribution in [0.2, 0.25) is 5.02 Å². The van der Waals surface area contributed by atoms with E-state index in [1.165, 1.54) is 25.4 Å². The van der Waals surface area contributed by atoms with Crippen molar-refractivity contribution in [1.29, 1.82) is 0 Å². The van der Waals surface area contributed by atoms with Crippen LogP contribution in [0.3, 0.4) is 0 Å². The lowest BCUT2D eigenvalue weighted by Crippen LogP contribution is -2.20. The molecule has 0 radical (unpaired) electrons. The third-order valence-electron chi connectivity index (χ3n) is 5.22. The van der Waals surface area contributed by atoms with Gasteiger partial charge in [-0.2, -0.15) is 0 Å². The first kappa shape index (κ1) is 17.5. The van der Waals surface area contributed by atoms with E-state index in [2.05, 4.69) is 78.6 Å². The minimum Gasteiger partial charge on any atom is -0.310 e. The summed E-state index contributed by atoms with van der Waals surface area (Å²) in [6.07, 6.45) is 7.04. The van der Waals surface area contributed by atoms with E-state index in [1.54, 1.807) is 0 Å². The molecule has 1 heterocycles. The van der Waals surface area contributed by atoms with E-state index in [9.17, 15) is 0 Å². The van der Waals surface area contributed by atoms with Gasteiger partial charge < -0.3 is 4.90 Å². The molecule has 0 spiro atoms. The third-order valence-corrected chi connectivity index (χ3v) is 6.64. The Kier molecular flexibility index (Phi) is 4.46. The van der Waals surface area contributed by atoms with Gasteiger partial charge in [0, 0.05) is 36.7 Å². The van der Waals surface area contributed by atoms with Gasteiger partial charge >= 0.3 is 0 Å². The summed E-state index contributed by atoms with van der Waals surface area (Å²) in [7, 11) is 0. The van der Waals surface area contributed by atoms with Crippen LogP contribution in [0.5, 0.6) is 0 Å². The van der Waals surface area contributed by atoms with Crippen molar-refractivity contribution in [2.75, 3.05) is 4.90 Å². The van der Waals surface area contributed by atoms with Crippen LogP contribution < -0.4 is 14.7 Å². The summed E-state index contributed by atoms with van der Waals surface area (Å²) >= 11 is 8.03. The number of benzene rings is 3. The number of nitrogens with zero attached hydrogens (tertiary/aromatic N) is 1. The maximum Gasteiger partial charge on any atom is 0.0476 e. The van der Waals surface area contributed by atoms with Crippen LogP contribution in [-0.2, 0) is 0 Å². The van der Waals surface area contributed by atoms with E-state index < -0.39 is 0 Å². The van der Waals surface area contributed by atoms with Crippen LogP contribution in [-0.4, -0.2) is 0 Å². The Balaban J connectivity index is 1.70. The quantitative estimate of drug-likeness (QED) is 0.369. The van der Waals surface area contributed by atoms with Crippen molar-refractivity contribution in [3.05, 3.63) is 87.1 Å². The van der Waals surface area contributed by atoms with Crippen LogP contribution in [0, 0.1) is 6.92 Å². The minimum absolute atomic E-state index is 0.750. The predicted octanol–water partition coefficient (Wildman–Crippen LogP) is 6.69.